The molecule has 5 heteroatoms. The highest BCUT2D eigenvalue weighted by molar-refractivity contribution is 5.45. The highest BCUT2D eigenvalue weighted by Crippen LogP contribution is 2.51. The van der Waals surface area contributed by atoms with E-state index in [-0.39, 0.29) is 11.9 Å². The molecule has 3 rings (SSSR count). The molecule has 0 spiro atoms. The summed E-state index contributed by atoms with van der Waals surface area (Å²) in [4.78, 5) is 0. The molecule has 2 aliphatic heterocycles. The Morgan fingerprint density at radius 1 is 1.35 bits per heavy atom. The fraction of sp³-hybridized carbons (Fsp3) is 0.333. The second-order valence-electron chi connectivity index (χ2n) is 5.25. The number of nitrogens with two attached hydrogens (primary N) is 1. The lowest BCUT2D eigenvalue weighted by Gasteiger charge is -2.17. The molecular formula is C15H14N4O. The number of fused-ring (bicyclic) bond motifs is 1. The van der Waals surface area contributed by atoms with E-state index in [1.165, 1.54) is 5.56 Å². The first-order valence-corrected chi connectivity index (χ1v) is 6.41. The Morgan fingerprint density at radius 3 is 2.65 bits per heavy atom. The maximum absolute atomic E-state index is 9.54. The van der Waals surface area contributed by atoms with Gasteiger partial charge < -0.3 is 15.8 Å². The van der Waals surface area contributed by atoms with Gasteiger partial charge in [0, 0.05) is 6.42 Å². The summed E-state index contributed by atoms with van der Waals surface area (Å²) in [6.45, 7) is 2.02. The maximum atomic E-state index is 9.54. The van der Waals surface area contributed by atoms with Crippen molar-refractivity contribution >= 4 is 0 Å². The van der Waals surface area contributed by atoms with Crippen LogP contribution in [0.1, 0.15) is 23.7 Å². The lowest BCUT2D eigenvalue weighted by molar-refractivity contribution is 0.0207. The van der Waals surface area contributed by atoms with E-state index >= 15 is 0 Å². The van der Waals surface area contributed by atoms with Crippen molar-refractivity contribution < 1.29 is 4.74 Å². The summed E-state index contributed by atoms with van der Waals surface area (Å²) in [5, 5.41) is 21.7. The minimum atomic E-state index is -0.978. The van der Waals surface area contributed by atoms with Crippen LogP contribution in [0.2, 0.25) is 0 Å². The van der Waals surface area contributed by atoms with Crippen molar-refractivity contribution in [1.82, 2.24) is 5.32 Å². The van der Waals surface area contributed by atoms with Crippen LogP contribution in [0.3, 0.4) is 0 Å². The van der Waals surface area contributed by atoms with Crippen LogP contribution in [-0.2, 0) is 4.74 Å². The van der Waals surface area contributed by atoms with Crippen LogP contribution >= 0.6 is 0 Å². The Kier molecular flexibility index (Phi) is 2.67. The minimum absolute atomic E-state index is 0.204. The number of nitriles is 2. The molecule has 2 heterocycles. The molecule has 5 nitrogen and oxygen atoms in total. The third kappa shape index (κ3) is 1.57. The molecule has 100 valence electrons. The van der Waals surface area contributed by atoms with Gasteiger partial charge in [0.15, 0.2) is 6.23 Å². The third-order valence-electron chi connectivity index (χ3n) is 4.02. The van der Waals surface area contributed by atoms with Gasteiger partial charge in [0.1, 0.15) is 17.3 Å². The summed E-state index contributed by atoms with van der Waals surface area (Å²) in [6.07, 6.45) is -0.314. The van der Waals surface area contributed by atoms with Gasteiger partial charge in [0.25, 0.3) is 0 Å². The van der Waals surface area contributed by atoms with Crippen LogP contribution < -0.4 is 11.1 Å². The third-order valence-corrected chi connectivity index (χ3v) is 4.02. The number of ether oxygens (including phenoxy) is 1. The van der Waals surface area contributed by atoms with Crippen LogP contribution in [0.25, 0.3) is 0 Å². The van der Waals surface area contributed by atoms with Crippen molar-refractivity contribution in [2.24, 2.45) is 11.1 Å². The number of aryl methyl sites for hydroxylation is 1. The van der Waals surface area contributed by atoms with E-state index in [1.54, 1.807) is 0 Å². The number of hydrogen-bond donors (Lipinski definition) is 2. The van der Waals surface area contributed by atoms with Crippen LogP contribution in [0.4, 0.5) is 0 Å². The van der Waals surface area contributed by atoms with Gasteiger partial charge in [-0.15, -0.1) is 0 Å². The van der Waals surface area contributed by atoms with Crippen molar-refractivity contribution in [1.29, 1.82) is 10.5 Å². The first kappa shape index (κ1) is 12.5. The van der Waals surface area contributed by atoms with E-state index in [0.29, 0.717) is 12.0 Å². The molecule has 0 aliphatic carbocycles. The molecular weight excluding hydrogens is 252 g/mol. The van der Waals surface area contributed by atoms with Crippen LogP contribution in [-0.4, -0.2) is 6.23 Å². The SMILES string of the molecule is Cc1ccc(C2CC3(C#N)C(C#N)=C(N)NC3O2)cc1. The minimum Gasteiger partial charge on any atom is -0.385 e. The molecule has 0 aromatic heterocycles. The molecule has 1 saturated heterocycles. The summed E-state index contributed by atoms with van der Waals surface area (Å²) < 4.78 is 5.90. The van der Waals surface area contributed by atoms with Crippen LogP contribution in [0.5, 0.6) is 0 Å². The van der Waals surface area contributed by atoms with E-state index < -0.39 is 11.6 Å². The van der Waals surface area contributed by atoms with Crippen LogP contribution in [0.15, 0.2) is 35.7 Å². The normalized spacial score (nSPS) is 31.4. The van der Waals surface area contributed by atoms with E-state index in [2.05, 4.69) is 11.4 Å². The van der Waals surface area contributed by atoms with Gasteiger partial charge in [-0.05, 0) is 12.5 Å². The number of benzene rings is 1. The van der Waals surface area contributed by atoms with E-state index in [1.807, 2.05) is 37.3 Å². The van der Waals surface area contributed by atoms with Crippen molar-refractivity contribution in [3.63, 3.8) is 0 Å². The molecule has 1 aromatic carbocycles. The number of nitrogens with zero attached hydrogens (tertiary/aromatic N) is 2. The molecule has 0 saturated carbocycles. The summed E-state index contributed by atoms with van der Waals surface area (Å²) in [7, 11) is 0. The molecule has 0 amide bonds. The lowest BCUT2D eigenvalue weighted by atomic mass is 9.79. The van der Waals surface area contributed by atoms with Gasteiger partial charge in [-0.25, -0.2) is 0 Å². The molecule has 20 heavy (non-hydrogen) atoms. The van der Waals surface area contributed by atoms with E-state index in [4.69, 9.17) is 10.5 Å². The standard InChI is InChI=1S/C15H14N4O/c1-9-2-4-10(5-3-9)12-6-15(8-17)11(7-16)13(18)19-14(15)20-12/h2-5,12,14,19H,6,18H2,1H3. The fourth-order valence-electron chi connectivity index (χ4n) is 2.87. The van der Waals surface area contributed by atoms with Crippen molar-refractivity contribution in [3.05, 3.63) is 46.8 Å². The largest absolute Gasteiger partial charge is 0.385 e. The van der Waals surface area contributed by atoms with Crippen molar-refractivity contribution in [2.75, 3.05) is 0 Å². The zero-order valence-corrected chi connectivity index (χ0v) is 11.1. The highest BCUT2D eigenvalue weighted by Gasteiger charge is 2.57. The molecule has 2 aliphatic rings. The summed E-state index contributed by atoms with van der Waals surface area (Å²) in [5.41, 5.74) is 7.25. The first-order chi connectivity index (χ1) is 9.60. The van der Waals surface area contributed by atoms with E-state index in [0.717, 1.165) is 5.56 Å². The Hall–Kier alpha value is -2.50. The smallest absolute Gasteiger partial charge is 0.153 e. The average Bonchev–Trinajstić information content (AvgIpc) is 2.91. The van der Waals surface area contributed by atoms with Gasteiger partial charge >= 0.3 is 0 Å². The van der Waals surface area contributed by atoms with Crippen molar-refractivity contribution in [3.8, 4) is 12.1 Å². The van der Waals surface area contributed by atoms with Gasteiger partial charge in [-0.1, -0.05) is 29.8 Å². The molecule has 0 bridgehead atoms. The molecule has 3 atom stereocenters. The molecule has 1 fully saturated rings. The Balaban J connectivity index is 1.96. The summed E-state index contributed by atoms with van der Waals surface area (Å²) in [6, 6.07) is 12.3. The van der Waals surface area contributed by atoms with Gasteiger partial charge in [-0.2, -0.15) is 10.5 Å². The Morgan fingerprint density at radius 2 is 2.05 bits per heavy atom. The Labute approximate surface area is 117 Å². The highest BCUT2D eigenvalue weighted by atomic mass is 16.5. The van der Waals surface area contributed by atoms with Gasteiger partial charge in [-0.3, -0.25) is 0 Å². The average molecular weight is 266 g/mol. The van der Waals surface area contributed by atoms with Gasteiger partial charge in [0.2, 0.25) is 0 Å². The number of hydrogen-bond acceptors (Lipinski definition) is 5. The topological polar surface area (TPSA) is 94.9 Å². The zero-order valence-electron chi connectivity index (χ0n) is 11.1. The van der Waals surface area contributed by atoms with Gasteiger partial charge in [0.05, 0.1) is 17.7 Å². The molecule has 3 unspecified atom stereocenters. The predicted molar refractivity (Wildman–Crippen MR) is 71.4 cm³/mol. The summed E-state index contributed by atoms with van der Waals surface area (Å²) >= 11 is 0. The van der Waals surface area contributed by atoms with Crippen molar-refractivity contribution in [2.45, 2.75) is 25.7 Å². The molecule has 3 N–H and O–H groups in total. The fourth-order valence-corrected chi connectivity index (χ4v) is 2.87. The molecule has 1 aromatic rings. The lowest BCUT2D eigenvalue weighted by Crippen LogP contribution is -2.35. The summed E-state index contributed by atoms with van der Waals surface area (Å²) in [5.74, 6) is 0.251. The maximum Gasteiger partial charge on any atom is 0.153 e. The predicted octanol–water partition coefficient (Wildman–Crippen LogP) is 1.59. The molecule has 0 radical (unpaired) electrons. The monoisotopic (exact) mass is 266 g/mol. The quantitative estimate of drug-likeness (QED) is 0.804. The van der Waals surface area contributed by atoms with Crippen LogP contribution in [0, 0.1) is 35.0 Å². The Bertz CT molecular complexity index is 665. The number of nitrogens with one attached hydrogen (secondary N) is 1. The number of rotatable bonds is 1. The van der Waals surface area contributed by atoms with E-state index in [9.17, 15) is 10.5 Å². The zero-order chi connectivity index (χ0) is 14.3. The second-order valence-corrected chi connectivity index (χ2v) is 5.25. The first-order valence-electron chi connectivity index (χ1n) is 6.41. The second kappa shape index (κ2) is 4.26.